The first-order valence-electron chi connectivity index (χ1n) is 5.63. The molecule has 0 N–H and O–H groups in total. The third kappa shape index (κ3) is 3.55. The second kappa shape index (κ2) is 7.13. The zero-order chi connectivity index (χ0) is 15.3. The largest absolute Gasteiger partial charge is 0.495 e. The van der Waals surface area contributed by atoms with Gasteiger partial charge in [0.05, 0.1) is 17.2 Å². The van der Waals surface area contributed by atoms with E-state index >= 15 is 0 Å². The summed E-state index contributed by atoms with van der Waals surface area (Å²) in [7, 11) is -2.36. The summed E-state index contributed by atoms with van der Waals surface area (Å²) in [5, 5.41) is 0.219. The Balaban J connectivity index is 3.36. The molecule has 0 radical (unpaired) electrons. The molecule has 0 unspecified atom stereocenters. The number of methoxy groups -OCH3 is 1. The van der Waals surface area contributed by atoms with Crippen molar-refractivity contribution in [3.05, 3.63) is 47.5 Å². The molecule has 0 spiro atoms. The molecule has 4 nitrogen and oxygen atoms in total. The molecule has 0 bridgehead atoms. The number of hydrogen-bond acceptors (Lipinski definition) is 3. The van der Waals surface area contributed by atoms with Gasteiger partial charge >= 0.3 is 0 Å². The smallest absolute Gasteiger partial charge is 0.245 e. The Morgan fingerprint density at radius 1 is 1.20 bits per heavy atom. The number of ether oxygens (including phenoxy) is 1. The lowest BCUT2D eigenvalue weighted by molar-refractivity contribution is 0.414. The highest BCUT2D eigenvalue weighted by molar-refractivity contribution is 7.89. The van der Waals surface area contributed by atoms with Gasteiger partial charge in [-0.05, 0) is 6.07 Å². The maximum Gasteiger partial charge on any atom is 0.245 e. The van der Waals surface area contributed by atoms with Gasteiger partial charge in [0, 0.05) is 19.2 Å². The van der Waals surface area contributed by atoms with Gasteiger partial charge in [0.15, 0.2) is 0 Å². The third-order valence-electron chi connectivity index (χ3n) is 2.49. The molecule has 0 aromatic heterocycles. The summed E-state index contributed by atoms with van der Waals surface area (Å²) in [5.41, 5.74) is 0. The molecule has 0 heterocycles. The monoisotopic (exact) mass is 335 g/mol. The molecule has 0 aliphatic carbocycles. The van der Waals surface area contributed by atoms with Crippen LogP contribution < -0.4 is 4.74 Å². The van der Waals surface area contributed by atoms with Crippen molar-refractivity contribution < 1.29 is 13.2 Å². The fourth-order valence-corrected chi connectivity index (χ4v) is 3.77. The number of benzene rings is 1. The number of rotatable bonds is 7. The van der Waals surface area contributed by atoms with Gasteiger partial charge in [-0.1, -0.05) is 35.4 Å². The van der Waals surface area contributed by atoms with Gasteiger partial charge < -0.3 is 4.74 Å². The van der Waals surface area contributed by atoms with Crippen LogP contribution in [0, 0.1) is 0 Å². The standard InChI is InChI=1S/C13H15Cl2NO3S/c1-4-6-16(7-5-2)20(17,18)13-9-10(14)12(19-3)8-11(13)15/h4-5,8-9H,1-2,6-7H2,3H3. The predicted octanol–water partition coefficient (Wildman–Crippen LogP) is 3.36. The van der Waals surface area contributed by atoms with Gasteiger partial charge in [0.1, 0.15) is 10.6 Å². The molecule has 110 valence electrons. The molecule has 0 fully saturated rings. The number of sulfonamides is 1. The van der Waals surface area contributed by atoms with E-state index in [4.69, 9.17) is 27.9 Å². The Morgan fingerprint density at radius 3 is 2.20 bits per heavy atom. The van der Waals surface area contributed by atoms with Gasteiger partial charge in [0.2, 0.25) is 10.0 Å². The van der Waals surface area contributed by atoms with E-state index in [1.165, 1.54) is 35.7 Å². The van der Waals surface area contributed by atoms with E-state index in [2.05, 4.69) is 13.2 Å². The SMILES string of the molecule is C=CCN(CC=C)S(=O)(=O)c1cc(Cl)c(OC)cc1Cl. The van der Waals surface area contributed by atoms with Crippen LogP contribution in [0.2, 0.25) is 10.0 Å². The molecule has 0 amide bonds. The van der Waals surface area contributed by atoms with Crippen LogP contribution in [0.25, 0.3) is 0 Å². The van der Waals surface area contributed by atoms with Crippen LogP contribution in [0.1, 0.15) is 0 Å². The highest BCUT2D eigenvalue weighted by atomic mass is 35.5. The molecule has 0 saturated carbocycles. The van der Waals surface area contributed by atoms with Crippen LogP contribution in [0.15, 0.2) is 42.3 Å². The highest BCUT2D eigenvalue weighted by Crippen LogP contribution is 2.34. The van der Waals surface area contributed by atoms with Crippen molar-refractivity contribution in [2.75, 3.05) is 20.2 Å². The molecule has 7 heteroatoms. The minimum Gasteiger partial charge on any atom is -0.495 e. The Hall–Kier alpha value is -1.01. The van der Waals surface area contributed by atoms with E-state index in [0.29, 0.717) is 5.75 Å². The fourth-order valence-electron chi connectivity index (χ4n) is 1.56. The first-order valence-corrected chi connectivity index (χ1v) is 7.83. The predicted molar refractivity (Wildman–Crippen MR) is 82.2 cm³/mol. The Morgan fingerprint density at radius 2 is 1.75 bits per heavy atom. The second-order valence-electron chi connectivity index (χ2n) is 3.82. The maximum atomic E-state index is 12.5. The maximum absolute atomic E-state index is 12.5. The molecule has 20 heavy (non-hydrogen) atoms. The van der Waals surface area contributed by atoms with Gasteiger partial charge in [-0.15, -0.1) is 13.2 Å². The van der Waals surface area contributed by atoms with Crippen molar-refractivity contribution in [3.8, 4) is 5.75 Å². The second-order valence-corrected chi connectivity index (χ2v) is 6.54. The Labute approximate surface area is 129 Å². The van der Waals surface area contributed by atoms with Crippen LogP contribution in [-0.2, 0) is 10.0 Å². The van der Waals surface area contributed by atoms with Crippen molar-refractivity contribution in [1.29, 1.82) is 0 Å². The lowest BCUT2D eigenvalue weighted by atomic mass is 10.3. The van der Waals surface area contributed by atoms with Crippen LogP contribution in [0.5, 0.6) is 5.75 Å². The van der Waals surface area contributed by atoms with E-state index in [9.17, 15) is 8.42 Å². The first kappa shape index (κ1) is 17.0. The molecule has 0 saturated heterocycles. The van der Waals surface area contributed by atoms with Crippen LogP contribution in [0.3, 0.4) is 0 Å². The zero-order valence-corrected chi connectivity index (χ0v) is 13.3. The zero-order valence-electron chi connectivity index (χ0n) is 11.0. The summed E-state index contributed by atoms with van der Waals surface area (Å²) in [6, 6.07) is 2.65. The van der Waals surface area contributed by atoms with Crippen LogP contribution >= 0.6 is 23.2 Å². The number of nitrogens with zero attached hydrogens (tertiary/aromatic N) is 1. The number of hydrogen-bond donors (Lipinski definition) is 0. The summed E-state index contributed by atoms with van der Waals surface area (Å²) in [5.74, 6) is 0.314. The van der Waals surface area contributed by atoms with Crippen LogP contribution in [-0.4, -0.2) is 32.9 Å². The summed E-state index contributed by atoms with van der Waals surface area (Å²) in [6.07, 6.45) is 2.97. The van der Waals surface area contributed by atoms with Gasteiger partial charge in [-0.25, -0.2) is 8.42 Å². The Bertz CT molecular complexity index is 604. The Kier molecular flexibility index (Phi) is 6.07. The van der Waals surface area contributed by atoms with Crippen molar-refractivity contribution >= 4 is 33.2 Å². The lowest BCUT2D eigenvalue weighted by Gasteiger charge is -2.20. The number of halogens is 2. The molecule has 1 aromatic rings. The molecule has 1 rings (SSSR count). The molecule has 0 aliphatic heterocycles. The highest BCUT2D eigenvalue weighted by Gasteiger charge is 2.26. The summed E-state index contributed by atoms with van der Waals surface area (Å²) >= 11 is 12.0. The van der Waals surface area contributed by atoms with Crippen molar-refractivity contribution in [1.82, 2.24) is 4.31 Å². The molecule has 0 atom stereocenters. The van der Waals surface area contributed by atoms with Gasteiger partial charge in [-0.3, -0.25) is 0 Å². The minimum absolute atomic E-state index is 0.0457. The average molecular weight is 336 g/mol. The molecular formula is C13H15Cl2NO3S. The quantitative estimate of drug-likeness (QED) is 0.717. The first-order chi connectivity index (χ1) is 9.38. The van der Waals surface area contributed by atoms with E-state index in [-0.39, 0.29) is 28.0 Å². The lowest BCUT2D eigenvalue weighted by Crippen LogP contribution is -2.31. The van der Waals surface area contributed by atoms with Crippen molar-refractivity contribution in [2.24, 2.45) is 0 Å². The van der Waals surface area contributed by atoms with E-state index in [0.717, 1.165) is 0 Å². The molecule has 0 aliphatic rings. The van der Waals surface area contributed by atoms with E-state index < -0.39 is 10.0 Å². The summed E-state index contributed by atoms with van der Waals surface area (Å²) < 4.78 is 31.2. The normalized spacial score (nSPS) is 11.4. The average Bonchev–Trinajstić information content (AvgIpc) is 2.40. The fraction of sp³-hybridized carbons (Fsp3) is 0.231. The minimum atomic E-state index is -3.78. The van der Waals surface area contributed by atoms with Crippen molar-refractivity contribution in [3.63, 3.8) is 0 Å². The van der Waals surface area contributed by atoms with E-state index in [1.807, 2.05) is 0 Å². The molecular weight excluding hydrogens is 321 g/mol. The van der Waals surface area contributed by atoms with E-state index in [1.54, 1.807) is 0 Å². The van der Waals surface area contributed by atoms with Gasteiger partial charge in [-0.2, -0.15) is 4.31 Å². The van der Waals surface area contributed by atoms with Crippen molar-refractivity contribution in [2.45, 2.75) is 4.90 Å². The summed E-state index contributed by atoms with van der Waals surface area (Å²) in [4.78, 5) is -0.0753. The topological polar surface area (TPSA) is 46.6 Å². The summed E-state index contributed by atoms with van der Waals surface area (Å²) in [6.45, 7) is 7.37. The van der Waals surface area contributed by atoms with Crippen LogP contribution in [0.4, 0.5) is 0 Å². The third-order valence-corrected chi connectivity index (χ3v) is 5.08. The molecule has 1 aromatic carbocycles. The van der Waals surface area contributed by atoms with Gasteiger partial charge in [0.25, 0.3) is 0 Å².